The highest BCUT2D eigenvalue weighted by Crippen LogP contribution is 2.21. The van der Waals surface area contributed by atoms with Crippen molar-refractivity contribution in [3.8, 4) is 11.1 Å². The summed E-state index contributed by atoms with van der Waals surface area (Å²) in [6, 6.07) is 16.9. The van der Waals surface area contributed by atoms with Crippen LogP contribution in [-0.4, -0.2) is 23.7 Å². The molecule has 29 heavy (non-hydrogen) atoms. The minimum Gasteiger partial charge on any atom is -0.436 e. The van der Waals surface area contributed by atoms with E-state index in [1.54, 1.807) is 6.20 Å². The molecule has 0 saturated carbocycles. The zero-order valence-corrected chi connectivity index (χ0v) is 17.2. The number of pyridine rings is 2. The maximum atomic E-state index is 6.01. The molecule has 1 aromatic carbocycles. The molecule has 5 heteroatoms. The summed E-state index contributed by atoms with van der Waals surface area (Å²) in [7, 11) is 4.24. The quantitative estimate of drug-likeness (QED) is 0.394. The summed E-state index contributed by atoms with van der Waals surface area (Å²) in [5.41, 5.74) is 7.88. The van der Waals surface area contributed by atoms with E-state index in [0.717, 1.165) is 10.8 Å². The molecule has 1 aliphatic rings. The third-order valence-electron chi connectivity index (χ3n) is 5.91. The van der Waals surface area contributed by atoms with Gasteiger partial charge in [-0.2, -0.15) is 0 Å². The summed E-state index contributed by atoms with van der Waals surface area (Å²) in [6.45, 7) is 4.53. The van der Waals surface area contributed by atoms with Crippen molar-refractivity contribution in [3.63, 3.8) is 0 Å². The molecular weight excluding hydrogens is 357 g/mol. The summed E-state index contributed by atoms with van der Waals surface area (Å²) >= 11 is 0. The van der Waals surface area contributed by atoms with Crippen molar-refractivity contribution in [2.24, 2.45) is 7.05 Å². The van der Waals surface area contributed by atoms with Crippen LogP contribution in [0.5, 0.6) is 0 Å². The van der Waals surface area contributed by atoms with Gasteiger partial charge < -0.3 is 9.23 Å². The van der Waals surface area contributed by atoms with E-state index in [9.17, 15) is 0 Å². The smallest absolute Gasteiger partial charge is 0.399 e. The van der Waals surface area contributed by atoms with Crippen molar-refractivity contribution < 1.29 is 8.98 Å². The van der Waals surface area contributed by atoms with Crippen molar-refractivity contribution in [2.75, 3.05) is 7.05 Å². The molecule has 142 valence electrons. The maximum absolute atomic E-state index is 6.01. The van der Waals surface area contributed by atoms with Gasteiger partial charge in [0.25, 0.3) is 0 Å². The van der Waals surface area contributed by atoms with Crippen molar-refractivity contribution in [2.45, 2.75) is 13.8 Å². The first kappa shape index (κ1) is 17.7. The number of fused-ring (bicyclic) bond motifs is 3. The second-order valence-corrected chi connectivity index (χ2v) is 7.85. The molecule has 5 rings (SSSR count). The molecule has 3 aromatic heterocycles. The number of nitrogens with zero attached hydrogens (tertiary/aromatic N) is 3. The normalized spacial score (nSPS) is 13.6. The van der Waals surface area contributed by atoms with Gasteiger partial charge in [0.2, 0.25) is 5.71 Å². The van der Waals surface area contributed by atoms with E-state index in [1.165, 1.54) is 33.0 Å². The van der Waals surface area contributed by atoms with E-state index in [4.69, 9.17) is 4.42 Å². The highest BCUT2D eigenvalue weighted by molar-refractivity contribution is 6.85. The summed E-state index contributed by atoms with van der Waals surface area (Å²) in [5, 5.41) is 2.25. The van der Waals surface area contributed by atoms with Crippen LogP contribution >= 0.6 is 0 Å². The molecule has 0 atom stereocenters. The average molecular weight is 380 g/mol. The summed E-state index contributed by atoms with van der Waals surface area (Å²) in [6.07, 6.45) is 6.11. The molecule has 4 nitrogen and oxygen atoms in total. The Hall–Kier alpha value is -3.34. The number of benzene rings is 1. The number of furan rings is 1. The number of hydrogen-bond acceptors (Lipinski definition) is 3. The number of aromatic nitrogens is 2. The molecule has 0 bridgehead atoms. The first-order valence-electron chi connectivity index (χ1n) is 9.88. The van der Waals surface area contributed by atoms with Crippen molar-refractivity contribution >= 4 is 35.2 Å². The second-order valence-electron chi connectivity index (χ2n) is 7.85. The summed E-state index contributed by atoms with van der Waals surface area (Å²) in [5.74, 6) is 0. The predicted octanol–water partition coefficient (Wildman–Crippen LogP) is 1.92. The van der Waals surface area contributed by atoms with Crippen LogP contribution in [0.25, 0.3) is 33.9 Å². The zero-order valence-electron chi connectivity index (χ0n) is 17.2. The van der Waals surface area contributed by atoms with Gasteiger partial charge in [0, 0.05) is 34.6 Å². The van der Waals surface area contributed by atoms with Gasteiger partial charge in [-0.25, -0.2) is 9.55 Å². The molecule has 1 aliphatic heterocycles. The van der Waals surface area contributed by atoms with Crippen molar-refractivity contribution in [1.82, 2.24) is 9.79 Å². The highest BCUT2D eigenvalue weighted by Gasteiger charge is 2.35. The molecule has 0 spiro atoms. The van der Waals surface area contributed by atoms with E-state index < -0.39 is 0 Å². The predicted molar refractivity (Wildman–Crippen MR) is 118 cm³/mol. The van der Waals surface area contributed by atoms with E-state index in [-0.39, 0.29) is 6.85 Å². The lowest BCUT2D eigenvalue weighted by Gasteiger charge is -2.24. The van der Waals surface area contributed by atoms with E-state index in [2.05, 4.69) is 97.2 Å². The molecule has 0 fully saturated rings. The Bertz CT molecular complexity index is 1360. The Balaban J connectivity index is 1.71. The summed E-state index contributed by atoms with van der Waals surface area (Å²) < 4.78 is 8.26. The Morgan fingerprint density at radius 1 is 1.07 bits per heavy atom. The first-order chi connectivity index (χ1) is 14.0. The van der Waals surface area contributed by atoms with Crippen LogP contribution in [0.4, 0.5) is 0 Å². The lowest BCUT2D eigenvalue weighted by atomic mass is 9.50. The molecule has 0 aliphatic carbocycles. The van der Waals surface area contributed by atoms with Gasteiger partial charge >= 0.3 is 6.85 Å². The minimum atomic E-state index is 0.136. The van der Waals surface area contributed by atoms with Crippen LogP contribution in [0.15, 0.2) is 65.3 Å². The van der Waals surface area contributed by atoms with Gasteiger partial charge in [-0.3, -0.25) is 0 Å². The molecule has 0 radical (unpaired) electrons. The van der Waals surface area contributed by atoms with Crippen LogP contribution < -0.4 is 20.8 Å². The molecular formula is C24H23BN3O+. The van der Waals surface area contributed by atoms with Gasteiger partial charge in [-0.15, -0.1) is 0 Å². The van der Waals surface area contributed by atoms with Crippen LogP contribution in [0.1, 0.15) is 12.5 Å². The van der Waals surface area contributed by atoms with Gasteiger partial charge in [0.05, 0.1) is 0 Å². The van der Waals surface area contributed by atoms with Gasteiger partial charge in [0.15, 0.2) is 17.2 Å². The number of aryl methyl sites for hydroxylation is 2. The van der Waals surface area contributed by atoms with Gasteiger partial charge in [-0.05, 0) is 44.2 Å². The van der Waals surface area contributed by atoms with Gasteiger partial charge in [-0.1, -0.05) is 35.8 Å². The molecule has 4 heterocycles. The third kappa shape index (κ3) is 2.77. The van der Waals surface area contributed by atoms with E-state index in [1.807, 2.05) is 6.07 Å². The van der Waals surface area contributed by atoms with Crippen LogP contribution in [0.3, 0.4) is 0 Å². The maximum Gasteiger partial charge on any atom is 0.399 e. The topological polar surface area (TPSA) is 33.2 Å². The Morgan fingerprint density at radius 2 is 1.86 bits per heavy atom. The Kier molecular flexibility index (Phi) is 4.05. The Morgan fingerprint density at radius 3 is 2.66 bits per heavy atom. The van der Waals surface area contributed by atoms with Crippen LogP contribution in [-0.2, 0) is 7.05 Å². The van der Waals surface area contributed by atoms with Crippen molar-refractivity contribution in [3.05, 3.63) is 77.1 Å². The minimum absolute atomic E-state index is 0.136. The fourth-order valence-corrected chi connectivity index (χ4v) is 4.54. The molecule has 0 unspecified atom stereocenters. The molecule has 0 saturated heterocycles. The first-order valence-corrected chi connectivity index (χ1v) is 9.88. The second kappa shape index (κ2) is 6.62. The van der Waals surface area contributed by atoms with E-state index in [0.29, 0.717) is 5.71 Å². The largest absolute Gasteiger partial charge is 0.436 e. The zero-order chi connectivity index (χ0) is 20.1. The van der Waals surface area contributed by atoms with Crippen LogP contribution in [0, 0.1) is 6.92 Å². The fourth-order valence-electron chi connectivity index (χ4n) is 4.54. The SMILES string of the molecule is CC1=c2c(oc3ncccc23)=CN(C)B1c1cc(C)c(-c2ccccc2)c[n+]1C. The third-order valence-corrected chi connectivity index (χ3v) is 5.91. The lowest BCUT2D eigenvalue weighted by molar-refractivity contribution is -0.653. The number of rotatable bonds is 2. The molecule has 4 aromatic rings. The van der Waals surface area contributed by atoms with E-state index >= 15 is 0 Å². The molecule has 0 amide bonds. The van der Waals surface area contributed by atoms with Crippen molar-refractivity contribution in [1.29, 1.82) is 0 Å². The molecule has 0 N–H and O–H groups in total. The summed E-state index contributed by atoms with van der Waals surface area (Å²) in [4.78, 5) is 6.63. The average Bonchev–Trinajstić information content (AvgIpc) is 3.09. The number of hydrogen-bond donors (Lipinski definition) is 0. The van der Waals surface area contributed by atoms with Gasteiger partial charge in [0.1, 0.15) is 7.05 Å². The monoisotopic (exact) mass is 380 g/mol. The van der Waals surface area contributed by atoms with Crippen LogP contribution in [0.2, 0.25) is 0 Å². The Labute approximate surface area is 170 Å². The fraction of sp³-hybridized carbons (Fsp3) is 0.167. The highest BCUT2D eigenvalue weighted by atomic mass is 16.3. The standard InChI is InChI=1S/C24H23BN3O/c1-16-13-22(27(3)14-20(16)18-9-6-5-7-10-18)25-17(2)23-19-11-8-12-26-24(19)29-21(23)15-28(25)4/h5-15H,1-4H3/q+1. The lowest BCUT2D eigenvalue weighted by Crippen LogP contribution is -2.62.